The maximum Gasteiger partial charge on any atom is 0.255 e. The molecule has 0 fully saturated rings. The summed E-state index contributed by atoms with van der Waals surface area (Å²) in [6.45, 7) is 1.97. The van der Waals surface area contributed by atoms with Crippen molar-refractivity contribution in [3.05, 3.63) is 52.1 Å². The number of halogens is 1. The van der Waals surface area contributed by atoms with Gasteiger partial charge < -0.3 is 11.1 Å². The fraction of sp³-hybridized carbons (Fsp3) is 0.0769. The molecule has 3 N–H and O–H groups in total. The van der Waals surface area contributed by atoms with Crippen molar-refractivity contribution >= 4 is 33.3 Å². The van der Waals surface area contributed by atoms with Crippen molar-refractivity contribution in [2.45, 2.75) is 6.92 Å². The van der Waals surface area contributed by atoms with Gasteiger partial charge in [-0.15, -0.1) is 0 Å². The molecule has 0 aliphatic rings. The Bertz CT molecular complexity index is 581. The zero-order chi connectivity index (χ0) is 13.1. The van der Waals surface area contributed by atoms with E-state index in [9.17, 15) is 4.79 Å². The van der Waals surface area contributed by atoms with Crippen LogP contribution in [0.1, 0.15) is 15.9 Å². The molecule has 5 heteroatoms. The van der Waals surface area contributed by atoms with Gasteiger partial charge in [0, 0.05) is 10.0 Å². The molecule has 0 bridgehead atoms. The summed E-state index contributed by atoms with van der Waals surface area (Å²) in [5, 5.41) is 2.75. The number of nitrogen functional groups attached to an aromatic ring is 1. The van der Waals surface area contributed by atoms with Gasteiger partial charge in [0.05, 0.1) is 11.9 Å². The number of rotatable bonds is 2. The van der Waals surface area contributed by atoms with E-state index in [2.05, 4.69) is 26.2 Å². The molecule has 18 heavy (non-hydrogen) atoms. The first-order chi connectivity index (χ1) is 8.56. The second-order valence-corrected chi connectivity index (χ2v) is 4.74. The number of benzene rings is 1. The van der Waals surface area contributed by atoms with Crippen molar-refractivity contribution in [2.75, 3.05) is 11.1 Å². The summed E-state index contributed by atoms with van der Waals surface area (Å²) in [5.41, 5.74) is 7.76. The topological polar surface area (TPSA) is 68.0 Å². The van der Waals surface area contributed by atoms with E-state index in [4.69, 9.17) is 5.73 Å². The van der Waals surface area contributed by atoms with Gasteiger partial charge in [-0.1, -0.05) is 22.0 Å². The standard InChI is InChI=1S/C13H12BrN3O/c1-8-2-3-9(6-11(8)14)13(18)17-10-4-5-12(15)16-7-10/h2-7H,1H3,(H2,15,16)(H,17,18). The molecule has 0 aliphatic carbocycles. The molecule has 0 saturated carbocycles. The van der Waals surface area contributed by atoms with Crippen LogP contribution in [0.2, 0.25) is 0 Å². The average Bonchev–Trinajstić information content (AvgIpc) is 2.35. The number of aryl methyl sites for hydroxylation is 1. The highest BCUT2D eigenvalue weighted by Gasteiger charge is 2.07. The van der Waals surface area contributed by atoms with Crippen molar-refractivity contribution in [2.24, 2.45) is 0 Å². The Balaban J connectivity index is 2.16. The maximum atomic E-state index is 12.0. The lowest BCUT2D eigenvalue weighted by Crippen LogP contribution is -2.12. The van der Waals surface area contributed by atoms with Crippen molar-refractivity contribution in [3.63, 3.8) is 0 Å². The maximum absolute atomic E-state index is 12.0. The summed E-state index contributed by atoms with van der Waals surface area (Å²) in [7, 11) is 0. The Labute approximate surface area is 113 Å². The number of pyridine rings is 1. The second kappa shape index (κ2) is 5.18. The number of anilines is 2. The number of aromatic nitrogens is 1. The minimum Gasteiger partial charge on any atom is -0.384 e. The van der Waals surface area contributed by atoms with Crippen LogP contribution in [-0.2, 0) is 0 Å². The van der Waals surface area contributed by atoms with Crippen LogP contribution in [0, 0.1) is 6.92 Å². The molecule has 0 atom stereocenters. The summed E-state index contributed by atoms with van der Waals surface area (Å²) in [6.07, 6.45) is 1.52. The van der Waals surface area contributed by atoms with E-state index in [0.717, 1.165) is 10.0 Å². The van der Waals surface area contributed by atoms with Crippen LogP contribution in [0.4, 0.5) is 11.5 Å². The Hall–Kier alpha value is -1.88. The highest BCUT2D eigenvalue weighted by molar-refractivity contribution is 9.10. The first kappa shape index (κ1) is 12.6. The quantitative estimate of drug-likeness (QED) is 0.896. The largest absolute Gasteiger partial charge is 0.384 e. The molecule has 2 rings (SSSR count). The third kappa shape index (κ3) is 2.87. The minimum atomic E-state index is -0.178. The van der Waals surface area contributed by atoms with Gasteiger partial charge in [-0.3, -0.25) is 4.79 Å². The summed E-state index contributed by atoms with van der Waals surface area (Å²) in [5.74, 6) is 0.244. The van der Waals surface area contributed by atoms with Crippen LogP contribution in [0.5, 0.6) is 0 Å². The lowest BCUT2D eigenvalue weighted by molar-refractivity contribution is 0.102. The van der Waals surface area contributed by atoms with Crippen molar-refractivity contribution in [1.29, 1.82) is 0 Å². The van der Waals surface area contributed by atoms with Gasteiger partial charge in [-0.25, -0.2) is 4.98 Å². The molecule has 1 heterocycles. The molecule has 1 aromatic carbocycles. The van der Waals surface area contributed by atoms with Crippen LogP contribution in [-0.4, -0.2) is 10.9 Å². The fourth-order valence-corrected chi connectivity index (χ4v) is 1.80. The molecule has 1 aromatic heterocycles. The molecule has 1 amide bonds. The number of amides is 1. The zero-order valence-electron chi connectivity index (χ0n) is 9.77. The first-order valence-electron chi connectivity index (χ1n) is 5.35. The molecule has 0 spiro atoms. The predicted molar refractivity (Wildman–Crippen MR) is 75.5 cm³/mol. The number of nitrogens with one attached hydrogen (secondary N) is 1. The van der Waals surface area contributed by atoms with Gasteiger partial charge in [0.25, 0.3) is 5.91 Å². The van der Waals surface area contributed by atoms with Crippen molar-refractivity contribution in [3.8, 4) is 0 Å². The summed E-state index contributed by atoms with van der Waals surface area (Å²) in [4.78, 5) is 15.9. The SMILES string of the molecule is Cc1ccc(C(=O)Nc2ccc(N)nc2)cc1Br. The van der Waals surface area contributed by atoms with Gasteiger partial charge in [0.15, 0.2) is 0 Å². The number of carbonyl (C=O) groups excluding carboxylic acids is 1. The highest BCUT2D eigenvalue weighted by atomic mass is 79.9. The molecule has 2 aromatic rings. The van der Waals surface area contributed by atoms with Gasteiger partial charge >= 0.3 is 0 Å². The number of nitrogens with zero attached hydrogens (tertiary/aromatic N) is 1. The molecule has 4 nitrogen and oxygen atoms in total. The number of nitrogens with two attached hydrogens (primary N) is 1. The fourth-order valence-electron chi connectivity index (χ4n) is 1.42. The third-order valence-electron chi connectivity index (χ3n) is 2.48. The average molecular weight is 306 g/mol. The Morgan fingerprint density at radius 3 is 2.72 bits per heavy atom. The highest BCUT2D eigenvalue weighted by Crippen LogP contribution is 2.18. The van der Waals surface area contributed by atoms with E-state index in [1.165, 1.54) is 6.20 Å². The van der Waals surface area contributed by atoms with Crippen LogP contribution < -0.4 is 11.1 Å². The Morgan fingerprint density at radius 2 is 2.11 bits per heavy atom. The van der Waals surface area contributed by atoms with E-state index in [1.54, 1.807) is 24.3 Å². The first-order valence-corrected chi connectivity index (χ1v) is 6.14. The predicted octanol–water partition coefficient (Wildman–Crippen LogP) is 2.99. The smallest absolute Gasteiger partial charge is 0.255 e. The molecule has 0 saturated heterocycles. The van der Waals surface area contributed by atoms with E-state index in [1.807, 2.05) is 13.0 Å². The summed E-state index contributed by atoms with van der Waals surface area (Å²) in [6, 6.07) is 8.81. The number of carbonyl (C=O) groups is 1. The number of hydrogen-bond donors (Lipinski definition) is 2. The molecule has 0 aliphatic heterocycles. The Kier molecular flexibility index (Phi) is 3.62. The van der Waals surface area contributed by atoms with Gasteiger partial charge in [0.2, 0.25) is 0 Å². The molecule has 92 valence electrons. The van der Waals surface area contributed by atoms with Crippen LogP contribution in [0.25, 0.3) is 0 Å². The minimum absolute atomic E-state index is 0.178. The van der Waals surface area contributed by atoms with Crippen molar-refractivity contribution < 1.29 is 4.79 Å². The monoisotopic (exact) mass is 305 g/mol. The Morgan fingerprint density at radius 1 is 1.33 bits per heavy atom. The van der Waals surface area contributed by atoms with Crippen LogP contribution in [0.15, 0.2) is 41.0 Å². The van der Waals surface area contributed by atoms with Crippen LogP contribution >= 0.6 is 15.9 Å². The van der Waals surface area contributed by atoms with E-state index in [-0.39, 0.29) is 5.91 Å². The normalized spacial score (nSPS) is 10.1. The van der Waals surface area contributed by atoms with Crippen LogP contribution in [0.3, 0.4) is 0 Å². The van der Waals surface area contributed by atoms with E-state index in [0.29, 0.717) is 17.1 Å². The van der Waals surface area contributed by atoms with E-state index >= 15 is 0 Å². The molecular formula is C13H12BrN3O. The van der Waals surface area contributed by atoms with E-state index < -0.39 is 0 Å². The molecule has 0 radical (unpaired) electrons. The summed E-state index contributed by atoms with van der Waals surface area (Å²) < 4.78 is 0.908. The van der Waals surface area contributed by atoms with Crippen molar-refractivity contribution in [1.82, 2.24) is 4.98 Å². The lowest BCUT2D eigenvalue weighted by Gasteiger charge is -2.06. The second-order valence-electron chi connectivity index (χ2n) is 3.89. The van der Waals surface area contributed by atoms with Gasteiger partial charge in [-0.05, 0) is 36.8 Å². The lowest BCUT2D eigenvalue weighted by atomic mass is 10.1. The number of hydrogen-bond acceptors (Lipinski definition) is 3. The zero-order valence-corrected chi connectivity index (χ0v) is 11.4. The molecule has 0 unspecified atom stereocenters. The van der Waals surface area contributed by atoms with Gasteiger partial charge in [0.1, 0.15) is 5.82 Å². The molecular weight excluding hydrogens is 294 g/mol. The third-order valence-corrected chi connectivity index (χ3v) is 3.33. The van der Waals surface area contributed by atoms with Gasteiger partial charge in [-0.2, -0.15) is 0 Å². The summed E-state index contributed by atoms with van der Waals surface area (Å²) >= 11 is 3.40.